The van der Waals surface area contributed by atoms with E-state index in [0.717, 1.165) is 32.4 Å². The Labute approximate surface area is 129 Å². The molecule has 1 aliphatic rings. The van der Waals surface area contributed by atoms with Crippen molar-refractivity contribution in [1.82, 2.24) is 25.1 Å². The number of hydrogen-bond acceptors (Lipinski definition) is 7. The van der Waals surface area contributed by atoms with Crippen LogP contribution in [0.1, 0.15) is 44.0 Å². The highest BCUT2D eigenvalue weighted by atomic mass is 16.4. The van der Waals surface area contributed by atoms with Crippen LogP contribution in [0.25, 0.3) is 0 Å². The highest BCUT2D eigenvalue weighted by Crippen LogP contribution is 2.15. The number of carbonyl (C=O) groups is 1. The van der Waals surface area contributed by atoms with Crippen LogP contribution in [-0.2, 0) is 11.3 Å². The molecule has 1 aliphatic heterocycles. The molecule has 0 radical (unpaired) electrons. The van der Waals surface area contributed by atoms with E-state index in [1.165, 1.54) is 4.68 Å². The highest BCUT2D eigenvalue weighted by Gasteiger charge is 2.22. The van der Waals surface area contributed by atoms with Crippen molar-refractivity contribution in [2.24, 2.45) is 5.73 Å². The molecule has 0 aromatic carbocycles. The summed E-state index contributed by atoms with van der Waals surface area (Å²) < 4.78 is 1.46. The first-order chi connectivity index (χ1) is 10.6. The molecule has 0 aliphatic carbocycles. The zero-order chi connectivity index (χ0) is 15.9. The molecule has 1 atom stereocenters. The third-order valence-electron chi connectivity index (χ3n) is 3.86. The molecule has 9 nitrogen and oxygen atoms in total. The molecule has 2 heterocycles. The molecule has 22 heavy (non-hydrogen) atoms. The molecular weight excluding hydrogens is 287 g/mol. The van der Waals surface area contributed by atoms with E-state index >= 15 is 0 Å². The Morgan fingerprint density at radius 3 is 2.73 bits per heavy atom. The standard InChI is InChI=1S/C12H23BN6O3/c14-10(5-1-2-6-13(21)22)12-15-16-17-19(12)9-11(20)18-7-3-4-8-18/h10,21-22H,1-9,14H2. The number of likely N-dealkylation sites (tertiary alicyclic amines) is 1. The number of tetrazole rings is 1. The largest absolute Gasteiger partial charge is 0.451 e. The van der Waals surface area contributed by atoms with Gasteiger partial charge in [-0.2, -0.15) is 0 Å². The van der Waals surface area contributed by atoms with Gasteiger partial charge in [0.25, 0.3) is 0 Å². The van der Waals surface area contributed by atoms with Crippen molar-refractivity contribution < 1.29 is 14.8 Å². The minimum absolute atomic E-state index is 0.0154. The lowest BCUT2D eigenvalue weighted by molar-refractivity contribution is -0.131. The monoisotopic (exact) mass is 310 g/mol. The van der Waals surface area contributed by atoms with Crippen molar-refractivity contribution >= 4 is 13.0 Å². The second-order valence-corrected chi connectivity index (χ2v) is 5.65. The van der Waals surface area contributed by atoms with Crippen molar-refractivity contribution in [3.63, 3.8) is 0 Å². The maximum atomic E-state index is 12.1. The number of aromatic nitrogens is 4. The summed E-state index contributed by atoms with van der Waals surface area (Å²) in [5.41, 5.74) is 6.07. The average molecular weight is 310 g/mol. The van der Waals surface area contributed by atoms with Crippen molar-refractivity contribution in [3.05, 3.63) is 5.82 Å². The zero-order valence-electron chi connectivity index (χ0n) is 12.6. The topological polar surface area (TPSA) is 130 Å². The van der Waals surface area contributed by atoms with Crippen LogP contribution in [0, 0.1) is 0 Å². The summed E-state index contributed by atoms with van der Waals surface area (Å²) in [6.45, 7) is 1.71. The molecule has 0 bridgehead atoms. The Bertz CT molecular complexity index is 477. The molecule has 1 aromatic heterocycles. The molecule has 2 rings (SSSR count). The maximum absolute atomic E-state index is 12.1. The summed E-state index contributed by atoms with van der Waals surface area (Å²) >= 11 is 0. The van der Waals surface area contributed by atoms with Gasteiger partial charge in [0.2, 0.25) is 5.91 Å². The lowest BCUT2D eigenvalue weighted by Crippen LogP contribution is -2.32. The van der Waals surface area contributed by atoms with Crippen LogP contribution < -0.4 is 5.73 Å². The van der Waals surface area contributed by atoms with E-state index in [-0.39, 0.29) is 18.5 Å². The van der Waals surface area contributed by atoms with Gasteiger partial charge in [-0.05, 0) is 36.0 Å². The summed E-state index contributed by atoms with van der Waals surface area (Å²) in [5.74, 6) is 0.513. The third-order valence-corrected chi connectivity index (χ3v) is 3.86. The van der Waals surface area contributed by atoms with Crippen LogP contribution in [0.4, 0.5) is 0 Å². The van der Waals surface area contributed by atoms with Crippen LogP contribution in [0.3, 0.4) is 0 Å². The number of nitrogens with two attached hydrogens (primary N) is 1. The number of amides is 1. The predicted octanol–water partition coefficient (Wildman–Crippen LogP) is -1.06. The van der Waals surface area contributed by atoms with E-state index in [0.29, 0.717) is 25.0 Å². The summed E-state index contributed by atoms with van der Waals surface area (Å²) in [5, 5.41) is 29.0. The van der Waals surface area contributed by atoms with Crippen LogP contribution in [0.5, 0.6) is 0 Å². The third kappa shape index (κ3) is 4.75. The number of unbranched alkanes of at least 4 members (excludes halogenated alkanes) is 1. The minimum Gasteiger partial charge on any atom is -0.427 e. The van der Waals surface area contributed by atoms with E-state index in [9.17, 15) is 4.79 Å². The van der Waals surface area contributed by atoms with Crippen molar-refractivity contribution in [1.29, 1.82) is 0 Å². The first-order valence-electron chi connectivity index (χ1n) is 7.73. The maximum Gasteiger partial charge on any atom is 0.451 e. The summed E-state index contributed by atoms with van der Waals surface area (Å²) in [4.78, 5) is 14.0. The summed E-state index contributed by atoms with van der Waals surface area (Å²) in [7, 11) is -1.28. The quantitative estimate of drug-likeness (QED) is 0.412. The summed E-state index contributed by atoms with van der Waals surface area (Å²) in [6, 6.07) is -0.364. The fraction of sp³-hybridized carbons (Fsp3) is 0.833. The van der Waals surface area contributed by atoms with Crippen LogP contribution >= 0.6 is 0 Å². The van der Waals surface area contributed by atoms with E-state index in [2.05, 4.69) is 15.5 Å². The van der Waals surface area contributed by atoms with Gasteiger partial charge in [-0.3, -0.25) is 4.79 Å². The first kappa shape index (κ1) is 16.8. The normalized spacial score (nSPS) is 16.0. The van der Waals surface area contributed by atoms with Gasteiger partial charge in [-0.1, -0.05) is 12.8 Å². The van der Waals surface area contributed by atoms with E-state index in [1.54, 1.807) is 0 Å². The van der Waals surface area contributed by atoms with E-state index in [4.69, 9.17) is 15.8 Å². The van der Waals surface area contributed by atoms with Crippen LogP contribution in [0.2, 0.25) is 6.32 Å². The predicted molar refractivity (Wildman–Crippen MR) is 79.4 cm³/mol. The Balaban J connectivity index is 1.84. The summed E-state index contributed by atoms with van der Waals surface area (Å²) in [6.07, 6.45) is 4.45. The van der Waals surface area contributed by atoms with E-state index in [1.807, 2.05) is 4.90 Å². The van der Waals surface area contributed by atoms with Crippen molar-refractivity contribution in [2.75, 3.05) is 13.1 Å². The second-order valence-electron chi connectivity index (χ2n) is 5.65. The molecule has 10 heteroatoms. The first-order valence-corrected chi connectivity index (χ1v) is 7.73. The SMILES string of the molecule is NC(CCCCB(O)O)c1nnnn1CC(=O)N1CCCC1. The lowest BCUT2D eigenvalue weighted by atomic mass is 9.83. The van der Waals surface area contributed by atoms with Gasteiger partial charge in [0.05, 0.1) is 6.04 Å². The average Bonchev–Trinajstić information content (AvgIpc) is 3.14. The Hall–Kier alpha value is -1.52. The van der Waals surface area contributed by atoms with Crippen molar-refractivity contribution in [2.45, 2.75) is 51.0 Å². The Kier molecular flexibility index (Phi) is 6.28. The van der Waals surface area contributed by atoms with Gasteiger partial charge in [0.15, 0.2) is 5.82 Å². The molecule has 0 saturated carbocycles. The zero-order valence-corrected chi connectivity index (χ0v) is 12.6. The fourth-order valence-electron chi connectivity index (χ4n) is 2.60. The number of nitrogens with zero attached hydrogens (tertiary/aromatic N) is 5. The molecule has 1 unspecified atom stereocenters. The molecule has 1 saturated heterocycles. The molecule has 1 amide bonds. The van der Waals surface area contributed by atoms with Gasteiger partial charge in [-0.25, -0.2) is 4.68 Å². The van der Waals surface area contributed by atoms with Gasteiger partial charge in [0.1, 0.15) is 6.54 Å². The smallest absolute Gasteiger partial charge is 0.427 e. The van der Waals surface area contributed by atoms with Crippen molar-refractivity contribution in [3.8, 4) is 0 Å². The Morgan fingerprint density at radius 1 is 1.32 bits per heavy atom. The molecule has 122 valence electrons. The van der Waals surface area contributed by atoms with Gasteiger partial charge < -0.3 is 20.7 Å². The molecule has 1 fully saturated rings. The lowest BCUT2D eigenvalue weighted by Gasteiger charge is -2.16. The fourth-order valence-corrected chi connectivity index (χ4v) is 2.60. The highest BCUT2D eigenvalue weighted by molar-refractivity contribution is 6.40. The number of carbonyl (C=O) groups excluding carboxylic acids is 1. The van der Waals surface area contributed by atoms with Gasteiger partial charge >= 0.3 is 7.12 Å². The van der Waals surface area contributed by atoms with Crippen LogP contribution in [-0.4, -0.2) is 61.3 Å². The van der Waals surface area contributed by atoms with E-state index < -0.39 is 7.12 Å². The number of rotatable bonds is 8. The molecule has 1 aromatic rings. The second kappa shape index (κ2) is 8.21. The Morgan fingerprint density at radius 2 is 2.05 bits per heavy atom. The van der Waals surface area contributed by atoms with Gasteiger partial charge in [0, 0.05) is 13.1 Å². The number of hydrogen-bond donors (Lipinski definition) is 3. The molecular formula is C12H23BN6O3. The molecule has 0 spiro atoms. The van der Waals surface area contributed by atoms with Gasteiger partial charge in [-0.15, -0.1) is 5.10 Å². The van der Waals surface area contributed by atoms with Crippen LogP contribution in [0.15, 0.2) is 0 Å². The minimum atomic E-state index is -1.28. The molecule has 4 N–H and O–H groups in total.